The fourth-order valence-electron chi connectivity index (χ4n) is 2.82. The van der Waals surface area contributed by atoms with Crippen molar-refractivity contribution >= 4 is 25.7 Å². The van der Waals surface area contributed by atoms with Gasteiger partial charge in [0.2, 0.25) is 10.0 Å². The molecule has 12 heteroatoms. The Hall–Kier alpha value is -2.15. The van der Waals surface area contributed by atoms with Gasteiger partial charge in [0.15, 0.2) is 5.03 Å². The van der Waals surface area contributed by atoms with Crippen molar-refractivity contribution in [3.05, 3.63) is 30.2 Å². The third kappa shape index (κ3) is 4.55. The third-order valence-electron chi connectivity index (χ3n) is 4.46. The molecule has 1 fully saturated rings. The molecule has 1 aliphatic heterocycles. The van der Waals surface area contributed by atoms with Crippen LogP contribution in [-0.2, 0) is 31.8 Å². The molecular weight excluding hydrogens is 420 g/mol. The van der Waals surface area contributed by atoms with Gasteiger partial charge in [0.25, 0.3) is 10.0 Å². The Kier molecular flexibility index (Phi) is 6.17. The number of ether oxygens (including phenoxy) is 2. The first-order chi connectivity index (χ1) is 13.6. The number of benzene rings is 1. The van der Waals surface area contributed by atoms with E-state index in [1.807, 2.05) is 0 Å². The second-order valence-electron chi connectivity index (χ2n) is 6.45. The highest BCUT2D eigenvalue weighted by molar-refractivity contribution is 7.92. The van der Waals surface area contributed by atoms with Crippen LogP contribution in [0.4, 0.5) is 5.69 Å². The van der Waals surface area contributed by atoms with Crippen LogP contribution in [0.25, 0.3) is 0 Å². The number of hydrogen-bond acceptors (Lipinski definition) is 7. The van der Waals surface area contributed by atoms with E-state index in [-0.39, 0.29) is 41.1 Å². The van der Waals surface area contributed by atoms with E-state index in [4.69, 9.17) is 9.47 Å². The van der Waals surface area contributed by atoms with E-state index in [0.717, 1.165) is 0 Å². The predicted octanol–water partition coefficient (Wildman–Crippen LogP) is 0.949. The molecule has 1 aromatic heterocycles. The average Bonchev–Trinajstić information content (AvgIpc) is 3.03. The maximum atomic E-state index is 12.9. The molecule has 0 radical (unpaired) electrons. The van der Waals surface area contributed by atoms with Crippen LogP contribution >= 0.6 is 0 Å². The molecule has 0 amide bonds. The third-order valence-corrected chi connectivity index (χ3v) is 7.60. The Morgan fingerprint density at radius 1 is 1.21 bits per heavy atom. The minimum absolute atomic E-state index is 0.0299. The quantitative estimate of drug-likeness (QED) is 0.675. The van der Waals surface area contributed by atoms with Crippen LogP contribution in [0.15, 0.2) is 34.3 Å². The lowest BCUT2D eigenvalue weighted by Crippen LogP contribution is -2.40. The molecule has 1 saturated heterocycles. The SMILES string of the molecule is CCOc1ccc(S(=O)(=O)N2CCOCC2)cc1NS(=O)(=O)c1cn(C)c(C)n1. The van der Waals surface area contributed by atoms with Gasteiger partial charge in [-0.2, -0.15) is 12.7 Å². The lowest BCUT2D eigenvalue weighted by molar-refractivity contribution is 0.0730. The van der Waals surface area contributed by atoms with Crippen LogP contribution in [0.3, 0.4) is 0 Å². The number of rotatable bonds is 7. The number of anilines is 1. The van der Waals surface area contributed by atoms with Crippen molar-refractivity contribution in [3.8, 4) is 5.75 Å². The molecule has 1 aromatic carbocycles. The normalized spacial score (nSPS) is 16.0. The minimum atomic E-state index is -4.03. The molecule has 29 heavy (non-hydrogen) atoms. The molecule has 3 rings (SSSR count). The maximum Gasteiger partial charge on any atom is 0.281 e. The van der Waals surface area contributed by atoms with E-state index in [0.29, 0.717) is 19.0 Å². The minimum Gasteiger partial charge on any atom is -0.492 e. The van der Waals surface area contributed by atoms with Crippen LogP contribution in [0, 0.1) is 6.92 Å². The molecule has 0 spiro atoms. The van der Waals surface area contributed by atoms with Crippen molar-refractivity contribution in [1.29, 1.82) is 0 Å². The summed E-state index contributed by atoms with van der Waals surface area (Å²) in [6, 6.07) is 4.11. The smallest absolute Gasteiger partial charge is 0.281 e. The summed E-state index contributed by atoms with van der Waals surface area (Å²) in [7, 11) is -6.15. The van der Waals surface area contributed by atoms with Crippen molar-refractivity contribution in [2.45, 2.75) is 23.8 Å². The number of aromatic nitrogens is 2. The van der Waals surface area contributed by atoms with E-state index in [1.54, 1.807) is 25.5 Å². The first-order valence-corrected chi connectivity index (χ1v) is 11.9. The van der Waals surface area contributed by atoms with Crippen molar-refractivity contribution in [1.82, 2.24) is 13.9 Å². The van der Waals surface area contributed by atoms with E-state index < -0.39 is 20.0 Å². The average molecular weight is 445 g/mol. The summed E-state index contributed by atoms with van der Waals surface area (Å²) < 4.78 is 67.4. The monoisotopic (exact) mass is 444 g/mol. The second-order valence-corrected chi connectivity index (χ2v) is 10.0. The Morgan fingerprint density at radius 3 is 2.48 bits per heavy atom. The van der Waals surface area contributed by atoms with E-state index in [2.05, 4.69) is 9.71 Å². The first-order valence-electron chi connectivity index (χ1n) is 9.02. The van der Waals surface area contributed by atoms with Crippen molar-refractivity contribution < 1.29 is 26.3 Å². The van der Waals surface area contributed by atoms with Crippen LogP contribution in [0.5, 0.6) is 5.75 Å². The molecule has 0 saturated carbocycles. The number of hydrogen-bond donors (Lipinski definition) is 1. The number of aryl methyl sites for hydroxylation is 2. The lowest BCUT2D eigenvalue weighted by Gasteiger charge is -2.26. The Balaban J connectivity index is 1.99. The standard InChI is InChI=1S/C17H24N4O6S2/c1-4-27-16-6-5-14(29(24,25)21-7-9-26-10-8-21)11-15(16)19-28(22,23)17-12-20(3)13(2)18-17/h5-6,11-12,19H,4,7-10H2,1-3H3. The van der Waals surface area contributed by atoms with Gasteiger partial charge in [-0.25, -0.2) is 13.4 Å². The maximum absolute atomic E-state index is 12.9. The lowest BCUT2D eigenvalue weighted by atomic mass is 10.3. The zero-order valence-corrected chi connectivity index (χ0v) is 18.1. The highest BCUT2D eigenvalue weighted by Gasteiger charge is 2.28. The summed E-state index contributed by atoms with van der Waals surface area (Å²) in [5, 5.41) is -0.165. The van der Waals surface area contributed by atoms with E-state index >= 15 is 0 Å². The fraction of sp³-hybridized carbons (Fsp3) is 0.471. The second kappa shape index (κ2) is 8.30. The van der Waals surface area contributed by atoms with Crippen molar-refractivity contribution in [2.75, 3.05) is 37.6 Å². The Labute approximate surface area is 170 Å². The highest BCUT2D eigenvalue weighted by atomic mass is 32.2. The zero-order valence-electron chi connectivity index (χ0n) is 16.5. The summed E-state index contributed by atoms with van der Waals surface area (Å²) in [4.78, 5) is 4.00. The fourth-order valence-corrected chi connectivity index (χ4v) is 5.36. The van der Waals surface area contributed by atoms with Gasteiger partial charge in [0.1, 0.15) is 11.6 Å². The molecule has 10 nitrogen and oxygen atoms in total. The molecule has 1 N–H and O–H groups in total. The Morgan fingerprint density at radius 2 is 1.90 bits per heavy atom. The highest BCUT2D eigenvalue weighted by Crippen LogP contribution is 2.31. The van der Waals surface area contributed by atoms with Gasteiger partial charge in [0.05, 0.1) is 30.4 Å². The van der Waals surface area contributed by atoms with Gasteiger partial charge in [-0.05, 0) is 32.0 Å². The van der Waals surface area contributed by atoms with Crippen LogP contribution < -0.4 is 9.46 Å². The molecule has 2 aromatic rings. The number of nitrogens with zero attached hydrogens (tertiary/aromatic N) is 3. The number of morpholine rings is 1. The van der Waals surface area contributed by atoms with Gasteiger partial charge < -0.3 is 14.0 Å². The van der Waals surface area contributed by atoms with E-state index in [1.165, 1.54) is 28.7 Å². The number of sulfonamides is 2. The molecule has 2 heterocycles. The first kappa shape index (κ1) is 21.6. The zero-order chi connectivity index (χ0) is 21.2. The topological polar surface area (TPSA) is 120 Å². The molecule has 0 atom stereocenters. The summed E-state index contributed by atoms with van der Waals surface area (Å²) in [5.74, 6) is 0.753. The van der Waals surface area contributed by atoms with Gasteiger partial charge in [-0.3, -0.25) is 4.72 Å². The van der Waals surface area contributed by atoms with Crippen molar-refractivity contribution in [3.63, 3.8) is 0 Å². The van der Waals surface area contributed by atoms with Crippen LogP contribution in [0.2, 0.25) is 0 Å². The molecular formula is C17H24N4O6S2. The molecule has 160 valence electrons. The molecule has 1 aliphatic rings. The predicted molar refractivity (Wildman–Crippen MR) is 106 cm³/mol. The van der Waals surface area contributed by atoms with Crippen LogP contribution in [0.1, 0.15) is 12.7 Å². The number of nitrogens with one attached hydrogen (secondary N) is 1. The number of imidazole rings is 1. The van der Waals surface area contributed by atoms with Gasteiger partial charge >= 0.3 is 0 Å². The van der Waals surface area contributed by atoms with Crippen LogP contribution in [-0.4, -0.2) is 63.6 Å². The van der Waals surface area contributed by atoms with Gasteiger partial charge in [-0.1, -0.05) is 0 Å². The summed E-state index contributed by atoms with van der Waals surface area (Å²) in [5.41, 5.74) is 0.0319. The summed E-state index contributed by atoms with van der Waals surface area (Å²) in [6.07, 6.45) is 1.38. The van der Waals surface area contributed by atoms with Gasteiger partial charge in [0, 0.05) is 26.3 Å². The summed E-state index contributed by atoms with van der Waals surface area (Å²) >= 11 is 0. The molecule has 0 unspecified atom stereocenters. The molecule has 0 bridgehead atoms. The largest absolute Gasteiger partial charge is 0.492 e. The Bertz CT molecular complexity index is 1070. The van der Waals surface area contributed by atoms with Gasteiger partial charge in [-0.15, -0.1) is 0 Å². The van der Waals surface area contributed by atoms with E-state index in [9.17, 15) is 16.8 Å². The molecule has 0 aliphatic carbocycles. The summed E-state index contributed by atoms with van der Waals surface area (Å²) in [6.45, 7) is 4.82. The van der Waals surface area contributed by atoms with Crippen molar-refractivity contribution in [2.24, 2.45) is 7.05 Å².